The Morgan fingerprint density at radius 2 is 2.12 bits per heavy atom. The van der Waals surface area contributed by atoms with E-state index in [9.17, 15) is 14.9 Å². The van der Waals surface area contributed by atoms with E-state index < -0.39 is 4.92 Å². The van der Waals surface area contributed by atoms with Crippen molar-refractivity contribution in [3.8, 4) is 0 Å². The van der Waals surface area contributed by atoms with Crippen LogP contribution in [0.15, 0.2) is 45.7 Å². The second kappa shape index (κ2) is 4.01. The number of furan rings is 1. The van der Waals surface area contributed by atoms with Crippen molar-refractivity contribution in [2.45, 2.75) is 6.54 Å². The third-order valence-electron chi connectivity index (χ3n) is 2.05. The van der Waals surface area contributed by atoms with Crippen LogP contribution in [0.25, 0.3) is 0 Å². The van der Waals surface area contributed by atoms with Gasteiger partial charge in [0.25, 0.3) is 5.56 Å². The Morgan fingerprint density at radius 3 is 2.75 bits per heavy atom. The summed E-state index contributed by atoms with van der Waals surface area (Å²) in [5.74, 6) is 0.0546. The van der Waals surface area contributed by atoms with Crippen LogP contribution in [0.3, 0.4) is 0 Å². The zero-order chi connectivity index (χ0) is 11.5. The van der Waals surface area contributed by atoms with E-state index in [1.165, 1.54) is 22.8 Å². The van der Waals surface area contributed by atoms with Gasteiger partial charge in [-0.2, -0.15) is 0 Å². The molecule has 2 aromatic heterocycles. The molecule has 0 aromatic carbocycles. The summed E-state index contributed by atoms with van der Waals surface area (Å²) in [4.78, 5) is 21.1. The molecule has 2 aromatic rings. The van der Waals surface area contributed by atoms with Crippen LogP contribution in [0, 0.1) is 10.1 Å². The molecule has 0 fully saturated rings. The first kappa shape index (κ1) is 10.2. The highest BCUT2D eigenvalue weighted by molar-refractivity contribution is 5.18. The van der Waals surface area contributed by atoms with E-state index in [2.05, 4.69) is 0 Å². The van der Waals surface area contributed by atoms with Crippen molar-refractivity contribution in [2.24, 2.45) is 0 Å². The normalized spacial score (nSPS) is 10.2. The van der Waals surface area contributed by atoms with Crippen molar-refractivity contribution in [3.05, 3.63) is 62.8 Å². The average Bonchev–Trinajstić information content (AvgIpc) is 2.70. The molecule has 0 radical (unpaired) electrons. The average molecular weight is 220 g/mol. The summed E-state index contributed by atoms with van der Waals surface area (Å²) in [6.45, 7) is 0.188. The zero-order valence-corrected chi connectivity index (χ0v) is 8.20. The minimum absolute atomic E-state index is 0.179. The Hall–Kier alpha value is -2.37. The molecule has 0 aliphatic carbocycles. The van der Waals surface area contributed by atoms with Gasteiger partial charge in [-0.15, -0.1) is 0 Å². The van der Waals surface area contributed by atoms with Crippen molar-refractivity contribution >= 4 is 5.88 Å². The fraction of sp³-hybridized carbons (Fsp3) is 0.100. The molecule has 0 aliphatic heterocycles. The predicted molar refractivity (Wildman–Crippen MR) is 55.2 cm³/mol. The Morgan fingerprint density at radius 1 is 1.31 bits per heavy atom. The van der Waals surface area contributed by atoms with Crippen molar-refractivity contribution in [3.63, 3.8) is 0 Å². The Kier molecular flexibility index (Phi) is 2.55. The second-order valence-corrected chi connectivity index (χ2v) is 3.16. The van der Waals surface area contributed by atoms with Gasteiger partial charge >= 0.3 is 5.88 Å². The van der Waals surface area contributed by atoms with Crippen molar-refractivity contribution < 1.29 is 9.34 Å². The van der Waals surface area contributed by atoms with E-state index in [-0.39, 0.29) is 18.0 Å². The summed E-state index contributed by atoms with van der Waals surface area (Å²) in [5, 5.41) is 10.4. The van der Waals surface area contributed by atoms with Crippen LogP contribution in [0.4, 0.5) is 5.88 Å². The first-order valence-electron chi connectivity index (χ1n) is 4.55. The Labute approximate surface area is 89.9 Å². The summed E-state index contributed by atoms with van der Waals surface area (Å²) in [7, 11) is 0. The lowest BCUT2D eigenvalue weighted by Crippen LogP contribution is -2.17. The molecule has 0 spiro atoms. The number of pyridine rings is 1. The van der Waals surface area contributed by atoms with Gasteiger partial charge in [-0.1, -0.05) is 6.07 Å². The maximum Gasteiger partial charge on any atom is 0.433 e. The molecule has 2 rings (SSSR count). The van der Waals surface area contributed by atoms with Gasteiger partial charge < -0.3 is 8.98 Å². The molecular formula is C10H8N2O4. The summed E-state index contributed by atoms with van der Waals surface area (Å²) in [5.41, 5.74) is -0.179. The highest BCUT2D eigenvalue weighted by Gasteiger charge is 2.11. The number of nitrogens with zero attached hydrogens (tertiary/aromatic N) is 2. The maximum atomic E-state index is 11.4. The van der Waals surface area contributed by atoms with Gasteiger partial charge in [0, 0.05) is 12.3 Å². The molecule has 0 amide bonds. The van der Waals surface area contributed by atoms with Gasteiger partial charge in [0.1, 0.15) is 10.7 Å². The molecule has 0 bridgehead atoms. The van der Waals surface area contributed by atoms with Crippen LogP contribution in [-0.4, -0.2) is 9.49 Å². The molecule has 2 heterocycles. The van der Waals surface area contributed by atoms with Crippen LogP contribution in [0.2, 0.25) is 0 Å². The van der Waals surface area contributed by atoms with E-state index in [4.69, 9.17) is 4.42 Å². The van der Waals surface area contributed by atoms with Crippen molar-refractivity contribution in [2.75, 3.05) is 0 Å². The Balaban J connectivity index is 2.24. The predicted octanol–water partition coefficient (Wildman–Crippen LogP) is 1.40. The minimum Gasteiger partial charge on any atom is -0.404 e. The number of nitro groups is 1. The van der Waals surface area contributed by atoms with Crippen molar-refractivity contribution in [1.29, 1.82) is 0 Å². The molecule has 6 nitrogen and oxygen atoms in total. The first-order chi connectivity index (χ1) is 7.66. The molecule has 0 N–H and O–H groups in total. The fourth-order valence-corrected chi connectivity index (χ4v) is 1.31. The molecule has 0 unspecified atom stereocenters. The second-order valence-electron chi connectivity index (χ2n) is 3.16. The summed E-state index contributed by atoms with van der Waals surface area (Å²) in [6, 6.07) is 7.50. The van der Waals surface area contributed by atoms with E-state index in [1.54, 1.807) is 18.3 Å². The van der Waals surface area contributed by atoms with Gasteiger partial charge in [0.05, 0.1) is 12.6 Å². The number of hydrogen-bond donors (Lipinski definition) is 0. The van der Waals surface area contributed by atoms with Crippen LogP contribution in [-0.2, 0) is 6.54 Å². The van der Waals surface area contributed by atoms with E-state index >= 15 is 0 Å². The zero-order valence-electron chi connectivity index (χ0n) is 8.20. The topological polar surface area (TPSA) is 78.3 Å². The van der Waals surface area contributed by atoms with E-state index in [0.717, 1.165) is 0 Å². The molecule has 16 heavy (non-hydrogen) atoms. The number of hydrogen-bond acceptors (Lipinski definition) is 4. The standard InChI is InChI=1S/C10H8N2O4/c13-9-3-1-2-6-11(9)7-8-4-5-10(16-8)12(14)15/h1-6H,7H2. The summed E-state index contributed by atoms with van der Waals surface area (Å²) in [6.07, 6.45) is 1.59. The maximum absolute atomic E-state index is 11.4. The molecule has 0 saturated carbocycles. The Bertz CT molecular complexity index is 570. The van der Waals surface area contributed by atoms with Gasteiger partial charge in [-0.3, -0.25) is 14.9 Å². The monoisotopic (exact) mass is 220 g/mol. The molecule has 6 heteroatoms. The smallest absolute Gasteiger partial charge is 0.404 e. The molecule has 0 atom stereocenters. The lowest BCUT2D eigenvalue weighted by molar-refractivity contribution is -0.402. The fourth-order valence-electron chi connectivity index (χ4n) is 1.31. The number of rotatable bonds is 3. The minimum atomic E-state index is -0.614. The lowest BCUT2D eigenvalue weighted by Gasteiger charge is -2.00. The van der Waals surface area contributed by atoms with Crippen LogP contribution in [0.5, 0.6) is 0 Å². The first-order valence-corrected chi connectivity index (χ1v) is 4.55. The highest BCUT2D eigenvalue weighted by Crippen LogP contribution is 2.15. The van der Waals surface area contributed by atoms with Crippen LogP contribution >= 0.6 is 0 Å². The summed E-state index contributed by atoms with van der Waals surface area (Å²) < 4.78 is 6.35. The van der Waals surface area contributed by atoms with Crippen molar-refractivity contribution in [1.82, 2.24) is 4.57 Å². The van der Waals surface area contributed by atoms with Gasteiger partial charge in [0.15, 0.2) is 0 Å². The third kappa shape index (κ3) is 2.00. The van der Waals surface area contributed by atoms with Crippen LogP contribution < -0.4 is 5.56 Å². The number of aromatic nitrogens is 1. The van der Waals surface area contributed by atoms with Gasteiger partial charge in [-0.05, 0) is 12.1 Å². The SMILES string of the molecule is O=c1ccccn1Cc1ccc([N+](=O)[O-])o1. The van der Waals surface area contributed by atoms with Gasteiger partial charge in [-0.25, -0.2) is 0 Å². The molecule has 0 saturated heterocycles. The molecule has 82 valence electrons. The molecular weight excluding hydrogens is 212 g/mol. The summed E-state index contributed by atoms with van der Waals surface area (Å²) >= 11 is 0. The van der Waals surface area contributed by atoms with E-state index in [1.807, 2.05) is 0 Å². The van der Waals surface area contributed by atoms with E-state index in [0.29, 0.717) is 5.76 Å². The third-order valence-corrected chi connectivity index (χ3v) is 2.05. The lowest BCUT2D eigenvalue weighted by atomic mass is 10.4. The highest BCUT2D eigenvalue weighted by atomic mass is 16.6. The van der Waals surface area contributed by atoms with Crippen LogP contribution in [0.1, 0.15) is 5.76 Å². The van der Waals surface area contributed by atoms with Gasteiger partial charge in [0.2, 0.25) is 0 Å². The largest absolute Gasteiger partial charge is 0.433 e. The molecule has 0 aliphatic rings. The quantitative estimate of drug-likeness (QED) is 0.578.